The number of hydrogen-bond acceptors (Lipinski definition) is 2. The van der Waals surface area contributed by atoms with Gasteiger partial charge in [-0.05, 0) is 29.7 Å². The molecule has 2 atom stereocenters. The zero-order valence-electron chi connectivity index (χ0n) is 10.8. The van der Waals surface area contributed by atoms with Crippen molar-refractivity contribution in [3.05, 3.63) is 65.7 Å². The van der Waals surface area contributed by atoms with E-state index in [1.54, 1.807) is 7.11 Å². The lowest BCUT2D eigenvalue weighted by atomic mass is 9.92. The average Bonchev–Trinajstić information content (AvgIpc) is 3.24. The van der Waals surface area contributed by atoms with Crippen molar-refractivity contribution in [1.29, 1.82) is 5.26 Å². The highest BCUT2D eigenvalue weighted by Crippen LogP contribution is 2.60. The van der Waals surface area contributed by atoms with Crippen LogP contribution in [0.2, 0.25) is 0 Å². The molecule has 1 fully saturated rings. The molecular weight excluding hydrogens is 234 g/mol. The third kappa shape index (κ3) is 1.88. The highest BCUT2D eigenvalue weighted by atomic mass is 16.5. The molecule has 2 nitrogen and oxygen atoms in total. The first-order valence-corrected chi connectivity index (χ1v) is 6.41. The molecule has 0 spiro atoms. The van der Waals surface area contributed by atoms with Gasteiger partial charge in [0.15, 0.2) is 0 Å². The van der Waals surface area contributed by atoms with Crippen LogP contribution in [0.25, 0.3) is 0 Å². The maximum Gasteiger partial charge on any atom is 0.118 e. The summed E-state index contributed by atoms with van der Waals surface area (Å²) in [7, 11) is 1.66. The second-order valence-corrected chi connectivity index (χ2v) is 4.98. The Bertz CT molecular complexity index is 612. The minimum Gasteiger partial charge on any atom is -0.497 e. The molecule has 0 aliphatic heterocycles. The fourth-order valence-electron chi connectivity index (χ4n) is 2.74. The van der Waals surface area contributed by atoms with Crippen molar-refractivity contribution in [2.45, 2.75) is 17.8 Å². The quantitative estimate of drug-likeness (QED) is 0.832. The summed E-state index contributed by atoms with van der Waals surface area (Å²) in [5.74, 6) is 1.15. The van der Waals surface area contributed by atoms with Crippen LogP contribution in [-0.2, 0) is 5.41 Å². The number of hydrogen-bond donors (Lipinski definition) is 0. The normalized spacial score (nSPS) is 24.5. The van der Waals surface area contributed by atoms with Crippen LogP contribution in [0.15, 0.2) is 54.6 Å². The molecule has 3 rings (SSSR count). The molecule has 1 saturated carbocycles. The molecule has 0 unspecified atom stereocenters. The summed E-state index contributed by atoms with van der Waals surface area (Å²) in [5.41, 5.74) is 2.00. The van der Waals surface area contributed by atoms with Crippen molar-refractivity contribution in [1.82, 2.24) is 0 Å². The van der Waals surface area contributed by atoms with Crippen LogP contribution < -0.4 is 4.74 Å². The van der Waals surface area contributed by atoms with Gasteiger partial charge >= 0.3 is 0 Å². The fourth-order valence-corrected chi connectivity index (χ4v) is 2.74. The van der Waals surface area contributed by atoms with Gasteiger partial charge < -0.3 is 4.74 Å². The minimum atomic E-state index is -0.337. The maximum atomic E-state index is 9.57. The number of benzene rings is 2. The Labute approximate surface area is 113 Å². The Kier molecular flexibility index (Phi) is 2.76. The van der Waals surface area contributed by atoms with Crippen LogP contribution >= 0.6 is 0 Å². The van der Waals surface area contributed by atoms with Crippen LogP contribution in [0.1, 0.15) is 23.5 Å². The Morgan fingerprint density at radius 3 is 2.37 bits per heavy atom. The molecule has 0 amide bonds. The van der Waals surface area contributed by atoms with Gasteiger partial charge in [-0.1, -0.05) is 42.5 Å². The van der Waals surface area contributed by atoms with E-state index in [1.165, 1.54) is 5.56 Å². The first kappa shape index (κ1) is 11.8. The summed E-state index contributed by atoms with van der Waals surface area (Å²) in [6.07, 6.45) is 0.903. The van der Waals surface area contributed by atoms with Gasteiger partial charge in [-0.25, -0.2) is 0 Å². The average molecular weight is 249 g/mol. The summed E-state index contributed by atoms with van der Waals surface area (Å²) in [6, 6.07) is 20.6. The Balaban J connectivity index is 1.91. The van der Waals surface area contributed by atoms with Crippen LogP contribution in [0.5, 0.6) is 5.75 Å². The molecule has 0 radical (unpaired) electrons. The summed E-state index contributed by atoms with van der Waals surface area (Å²) in [5, 5.41) is 9.57. The topological polar surface area (TPSA) is 33.0 Å². The summed E-state index contributed by atoms with van der Waals surface area (Å²) in [6.45, 7) is 0. The second-order valence-electron chi connectivity index (χ2n) is 4.98. The summed E-state index contributed by atoms with van der Waals surface area (Å²) < 4.78 is 5.17. The molecule has 0 saturated heterocycles. The van der Waals surface area contributed by atoms with Gasteiger partial charge in [-0.2, -0.15) is 5.26 Å². The standard InChI is InChI=1S/C17H15NO/c1-19-15-9-7-13(8-10-15)16-11-17(16,12-18)14-5-3-2-4-6-14/h2-10,16H,11H2,1H3/t16-,17+/m1/s1. The van der Waals surface area contributed by atoms with E-state index in [9.17, 15) is 5.26 Å². The van der Waals surface area contributed by atoms with E-state index in [-0.39, 0.29) is 5.41 Å². The molecule has 94 valence electrons. The van der Waals surface area contributed by atoms with Crippen LogP contribution in [0.3, 0.4) is 0 Å². The Hall–Kier alpha value is -2.27. The van der Waals surface area contributed by atoms with Gasteiger partial charge in [-0.3, -0.25) is 0 Å². The van der Waals surface area contributed by atoms with Gasteiger partial charge in [0.25, 0.3) is 0 Å². The number of nitrogens with zero attached hydrogens (tertiary/aromatic N) is 1. The van der Waals surface area contributed by atoms with Gasteiger partial charge in [0.05, 0.1) is 18.6 Å². The minimum absolute atomic E-state index is 0.297. The molecular formula is C17H15NO. The highest BCUT2D eigenvalue weighted by Gasteiger charge is 2.56. The molecule has 19 heavy (non-hydrogen) atoms. The van der Waals surface area contributed by atoms with Gasteiger partial charge in [0.1, 0.15) is 5.75 Å². The first-order valence-electron chi connectivity index (χ1n) is 6.41. The van der Waals surface area contributed by atoms with Gasteiger partial charge in [0, 0.05) is 5.92 Å². The van der Waals surface area contributed by atoms with Crippen LogP contribution in [0.4, 0.5) is 0 Å². The van der Waals surface area contributed by atoms with E-state index in [0.717, 1.165) is 17.7 Å². The van der Waals surface area contributed by atoms with Gasteiger partial charge in [-0.15, -0.1) is 0 Å². The summed E-state index contributed by atoms with van der Waals surface area (Å²) in [4.78, 5) is 0. The van der Waals surface area contributed by atoms with Crippen molar-refractivity contribution in [3.8, 4) is 11.8 Å². The SMILES string of the molecule is COc1ccc([C@H]2C[C@]2(C#N)c2ccccc2)cc1. The maximum absolute atomic E-state index is 9.57. The Morgan fingerprint density at radius 2 is 1.79 bits per heavy atom. The number of methoxy groups -OCH3 is 1. The molecule has 0 N–H and O–H groups in total. The van der Waals surface area contributed by atoms with Crippen LogP contribution in [-0.4, -0.2) is 7.11 Å². The molecule has 1 aliphatic rings. The van der Waals surface area contributed by atoms with E-state index in [2.05, 4.69) is 18.2 Å². The van der Waals surface area contributed by atoms with E-state index in [0.29, 0.717) is 5.92 Å². The van der Waals surface area contributed by atoms with E-state index in [1.807, 2.05) is 42.5 Å². The zero-order valence-corrected chi connectivity index (χ0v) is 10.8. The van der Waals surface area contributed by atoms with Crippen molar-refractivity contribution in [2.24, 2.45) is 0 Å². The molecule has 0 aromatic heterocycles. The smallest absolute Gasteiger partial charge is 0.118 e. The molecule has 2 aromatic rings. The number of nitriles is 1. The van der Waals surface area contributed by atoms with E-state index >= 15 is 0 Å². The lowest BCUT2D eigenvalue weighted by Crippen LogP contribution is -2.06. The van der Waals surface area contributed by atoms with E-state index < -0.39 is 0 Å². The summed E-state index contributed by atoms with van der Waals surface area (Å²) >= 11 is 0. The lowest BCUT2D eigenvalue weighted by Gasteiger charge is -2.09. The fraction of sp³-hybridized carbons (Fsp3) is 0.235. The molecule has 0 bridgehead atoms. The van der Waals surface area contributed by atoms with E-state index in [4.69, 9.17) is 4.74 Å². The molecule has 0 heterocycles. The third-order valence-electron chi connectivity index (χ3n) is 3.97. The number of rotatable bonds is 3. The Morgan fingerprint density at radius 1 is 1.11 bits per heavy atom. The predicted molar refractivity (Wildman–Crippen MR) is 74.1 cm³/mol. The van der Waals surface area contributed by atoms with Crippen molar-refractivity contribution in [3.63, 3.8) is 0 Å². The van der Waals surface area contributed by atoms with Crippen molar-refractivity contribution in [2.75, 3.05) is 7.11 Å². The molecule has 2 aromatic carbocycles. The highest BCUT2D eigenvalue weighted by molar-refractivity contribution is 5.49. The van der Waals surface area contributed by atoms with Gasteiger partial charge in [0.2, 0.25) is 0 Å². The third-order valence-corrected chi connectivity index (χ3v) is 3.97. The second kappa shape index (κ2) is 4.44. The molecule has 2 heteroatoms. The largest absolute Gasteiger partial charge is 0.497 e. The van der Waals surface area contributed by atoms with Crippen molar-refractivity contribution >= 4 is 0 Å². The zero-order chi connectivity index (χ0) is 13.3. The predicted octanol–water partition coefficient (Wildman–Crippen LogP) is 3.64. The lowest BCUT2D eigenvalue weighted by molar-refractivity contribution is 0.414. The first-order chi connectivity index (χ1) is 9.30. The molecule has 1 aliphatic carbocycles. The van der Waals surface area contributed by atoms with Crippen molar-refractivity contribution < 1.29 is 4.74 Å². The monoisotopic (exact) mass is 249 g/mol. The number of ether oxygens (including phenoxy) is 1. The van der Waals surface area contributed by atoms with Crippen LogP contribution in [0, 0.1) is 11.3 Å².